The van der Waals surface area contributed by atoms with E-state index in [2.05, 4.69) is 69.0 Å². The minimum absolute atomic E-state index is 0.104. The monoisotopic (exact) mass is 706 g/mol. The third-order valence-corrected chi connectivity index (χ3v) is 7.30. The first-order chi connectivity index (χ1) is 21.2. The molecule has 0 saturated heterocycles. The molecule has 0 aliphatic rings. The number of aryl methyl sites for hydroxylation is 2. The lowest BCUT2D eigenvalue weighted by molar-refractivity contribution is -0.118. The maximum atomic E-state index is 13.0. The van der Waals surface area contributed by atoms with Gasteiger partial charge in [-0.1, -0.05) is 0 Å². The molecule has 2 aromatic heterocycles. The van der Waals surface area contributed by atoms with E-state index >= 15 is 0 Å². The maximum Gasteiger partial charge on any atom is 0.307 e. The van der Waals surface area contributed by atoms with Crippen LogP contribution in [0, 0.1) is 23.2 Å². The van der Waals surface area contributed by atoms with Crippen LogP contribution in [0.4, 0.5) is 10.1 Å². The van der Waals surface area contributed by atoms with Crippen molar-refractivity contribution in [2.75, 3.05) is 11.9 Å². The number of carbonyl (C=O) groups is 2. The van der Waals surface area contributed by atoms with Gasteiger partial charge in [-0.2, -0.15) is 5.10 Å². The zero-order valence-corrected chi connectivity index (χ0v) is 26.0. The Labute approximate surface area is 266 Å². The summed E-state index contributed by atoms with van der Waals surface area (Å²) in [6.07, 6.45) is 1.48. The summed E-state index contributed by atoms with van der Waals surface area (Å²) in [4.78, 5) is 24.6. The van der Waals surface area contributed by atoms with Crippen LogP contribution in [-0.2, 0) is 11.4 Å². The molecule has 0 aliphatic heterocycles. The lowest BCUT2D eigenvalue weighted by Gasteiger charge is -2.10. The van der Waals surface area contributed by atoms with Gasteiger partial charge >= 0.3 is 5.91 Å². The van der Waals surface area contributed by atoms with Crippen LogP contribution in [0.2, 0.25) is 0 Å². The van der Waals surface area contributed by atoms with E-state index in [1.54, 1.807) is 30.3 Å². The molecule has 3 aromatic carbocycles. The van der Waals surface area contributed by atoms with Gasteiger partial charge < -0.3 is 23.8 Å². The smallest absolute Gasteiger partial charge is 0.307 e. The SMILES string of the molecule is Cc1ccc(C)n1-c1ccc(OCc2ccc(C(=O)N/N=C/c3ccc(OCC(=O)Nc4ccc(F)cc4)c(I)c3)o2)cc1. The second kappa shape index (κ2) is 14.0. The Hall–Kier alpha value is -4.91. The molecule has 2 heterocycles. The molecule has 0 radical (unpaired) electrons. The molecule has 0 saturated carbocycles. The summed E-state index contributed by atoms with van der Waals surface area (Å²) >= 11 is 2.08. The topological polar surface area (TPSA) is 107 Å². The fourth-order valence-electron chi connectivity index (χ4n) is 4.31. The average molecular weight is 707 g/mol. The second-order valence-corrected chi connectivity index (χ2v) is 10.9. The minimum Gasteiger partial charge on any atom is -0.486 e. The van der Waals surface area contributed by atoms with Gasteiger partial charge in [-0.3, -0.25) is 9.59 Å². The van der Waals surface area contributed by atoms with Gasteiger partial charge in [0.15, 0.2) is 12.4 Å². The Morgan fingerprint density at radius 1 is 0.932 bits per heavy atom. The van der Waals surface area contributed by atoms with Crippen LogP contribution in [0.15, 0.2) is 101 Å². The lowest BCUT2D eigenvalue weighted by atomic mass is 10.2. The van der Waals surface area contributed by atoms with Gasteiger partial charge in [0, 0.05) is 22.8 Å². The highest BCUT2D eigenvalue weighted by Gasteiger charge is 2.12. The highest BCUT2D eigenvalue weighted by atomic mass is 127. The summed E-state index contributed by atoms with van der Waals surface area (Å²) in [5, 5.41) is 6.65. The Morgan fingerprint density at radius 3 is 2.36 bits per heavy atom. The number of ether oxygens (including phenoxy) is 2. The van der Waals surface area contributed by atoms with Crippen molar-refractivity contribution in [3.63, 3.8) is 0 Å². The van der Waals surface area contributed by atoms with Gasteiger partial charge in [-0.05, 0) is 133 Å². The van der Waals surface area contributed by atoms with Crippen molar-refractivity contribution < 1.29 is 27.9 Å². The minimum atomic E-state index is -0.504. The zero-order valence-electron chi connectivity index (χ0n) is 23.8. The first-order valence-corrected chi connectivity index (χ1v) is 14.6. The van der Waals surface area contributed by atoms with E-state index in [1.165, 1.54) is 30.5 Å². The number of benzene rings is 3. The number of anilines is 1. The van der Waals surface area contributed by atoms with E-state index in [0.717, 1.165) is 20.6 Å². The first kappa shape index (κ1) is 30.5. The van der Waals surface area contributed by atoms with Crippen LogP contribution in [0.25, 0.3) is 5.69 Å². The third-order valence-electron chi connectivity index (χ3n) is 6.46. The molecule has 2 N–H and O–H groups in total. The van der Waals surface area contributed by atoms with Crippen LogP contribution in [0.3, 0.4) is 0 Å². The summed E-state index contributed by atoms with van der Waals surface area (Å²) in [5.41, 5.74) is 7.00. The zero-order chi connectivity index (χ0) is 31.1. The van der Waals surface area contributed by atoms with Crippen LogP contribution < -0.4 is 20.2 Å². The van der Waals surface area contributed by atoms with Crippen LogP contribution in [0.5, 0.6) is 11.5 Å². The number of aromatic nitrogens is 1. The number of hydrazone groups is 1. The van der Waals surface area contributed by atoms with Crippen molar-refractivity contribution in [1.82, 2.24) is 9.99 Å². The molecule has 44 heavy (non-hydrogen) atoms. The molecular weight excluding hydrogens is 678 g/mol. The van der Waals surface area contributed by atoms with E-state index in [1.807, 2.05) is 24.3 Å². The molecule has 0 spiro atoms. The Bertz CT molecular complexity index is 1780. The van der Waals surface area contributed by atoms with Gasteiger partial charge in [0.05, 0.1) is 9.78 Å². The second-order valence-electron chi connectivity index (χ2n) is 9.73. The molecule has 2 amide bonds. The summed E-state index contributed by atoms with van der Waals surface area (Å²) in [6.45, 7) is 4.07. The standard InChI is InChI=1S/C33H28FIN4O5/c1-21-3-4-22(2)39(21)26-10-12-27(13-11-26)42-19-28-14-16-31(44-28)33(41)38-36-18-23-5-15-30(29(35)17-23)43-20-32(40)37-25-8-6-24(34)7-9-25/h3-18H,19-20H2,1-2H3,(H,37,40)(H,38,41)/b36-18+. The predicted molar refractivity (Wildman–Crippen MR) is 173 cm³/mol. The summed E-state index contributed by atoms with van der Waals surface area (Å²) in [7, 11) is 0. The molecule has 0 bridgehead atoms. The normalized spacial score (nSPS) is 11.0. The van der Waals surface area contributed by atoms with Gasteiger partial charge in [-0.15, -0.1) is 0 Å². The summed E-state index contributed by atoms with van der Waals surface area (Å²) in [5.74, 6) is 0.529. The molecule has 0 fully saturated rings. The number of nitrogens with zero attached hydrogens (tertiary/aromatic N) is 2. The molecule has 5 rings (SSSR count). The number of halogens is 2. The molecule has 0 unspecified atom stereocenters. The fraction of sp³-hybridized carbons (Fsp3) is 0.121. The van der Waals surface area contributed by atoms with Crippen molar-refractivity contribution in [3.8, 4) is 17.2 Å². The summed E-state index contributed by atoms with van der Waals surface area (Å²) < 4.78 is 33.0. The van der Waals surface area contributed by atoms with Crippen molar-refractivity contribution >= 4 is 46.3 Å². The third kappa shape index (κ3) is 7.92. The summed E-state index contributed by atoms with van der Waals surface area (Å²) in [6, 6.07) is 25.9. The maximum absolute atomic E-state index is 13.0. The number of hydrogen-bond acceptors (Lipinski definition) is 6. The van der Waals surface area contributed by atoms with Gasteiger partial charge in [0.25, 0.3) is 5.91 Å². The predicted octanol–water partition coefficient (Wildman–Crippen LogP) is 6.79. The van der Waals surface area contributed by atoms with Crippen LogP contribution >= 0.6 is 22.6 Å². The van der Waals surface area contributed by atoms with E-state index in [-0.39, 0.29) is 30.7 Å². The van der Waals surface area contributed by atoms with Gasteiger partial charge in [0.2, 0.25) is 0 Å². The number of carbonyl (C=O) groups excluding carboxylic acids is 2. The molecule has 5 aromatic rings. The number of rotatable bonds is 11. The van der Waals surface area contributed by atoms with E-state index in [0.29, 0.717) is 28.5 Å². The first-order valence-electron chi connectivity index (χ1n) is 13.5. The Morgan fingerprint density at radius 2 is 1.66 bits per heavy atom. The van der Waals surface area contributed by atoms with E-state index in [9.17, 15) is 14.0 Å². The number of hydrogen-bond donors (Lipinski definition) is 2. The number of nitrogens with one attached hydrogen (secondary N) is 2. The largest absolute Gasteiger partial charge is 0.486 e. The van der Waals surface area contributed by atoms with Crippen molar-refractivity contribution in [1.29, 1.82) is 0 Å². The van der Waals surface area contributed by atoms with Crippen LogP contribution in [-0.4, -0.2) is 29.2 Å². The van der Waals surface area contributed by atoms with E-state index in [4.69, 9.17) is 13.9 Å². The highest BCUT2D eigenvalue weighted by Crippen LogP contribution is 2.23. The van der Waals surface area contributed by atoms with E-state index < -0.39 is 5.91 Å². The van der Waals surface area contributed by atoms with Crippen molar-refractivity contribution in [2.24, 2.45) is 5.10 Å². The highest BCUT2D eigenvalue weighted by molar-refractivity contribution is 14.1. The molecule has 11 heteroatoms. The number of amides is 2. The van der Waals surface area contributed by atoms with Crippen molar-refractivity contribution in [3.05, 3.63) is 129 Å². The molecule has 0 aliphatic carbocycles. The quantitative estimate of drug-likeness (QED) is 0.0894. The average Bonchev–Trinajstić information content (AvgIpc) is 3.63. The number of furan rings is 1. The van der Waals surface area contributed by atoms with Gasteiger partial charge in [-0.25, -0.2) is 9.82 Å². The fourth-order valence-corrected chi connectivity index (χ4v) is 5.00. The van der Waals surface area contributed by atoms with Crippen LogP contribution in [0.1, 0.15) is 33.3 Å². The molecule has 224 valence electrons. The van der Waals surface area contributed by atoms with Gasteiger partial charge in [0.1, 0.15) is 29.7 Å². The lowest BCUT2D eigenvalue weighted by Crippen LogP contribution is -2.20. The Balaban J connectivity index is 1.07. The molecular formula is C33H28FIN4O5. The molecule has 0 atom stereocenters. The van der Waals surface area contributed by atoms with Crippen molar-refractivity contribution in [2.45, 2.75) is 20.5 Å². The molecule has 9 nitrogen and oxygen atoms in total. The Kier molecular flexibility index (Phi) is 9.75.